The normalized spacial score (nSPS) is 12.7. The average Bonchev–Trinajstić information content (AvgIpc) is 2.80. The number of hydrogen-bond acceptors (Lipinski definition) is 4. The first kappa shape index (κ1) is 21.4. The van der Waals surface area contributed by atoms with Crippen LogP contribution in [0.3, 0.4) is 0 Å². The van der Waals surface area contributed by atoms with E-state index >= 15 is 0 Å². The number of para-hydroxylation sites is 1. The standard InChI is InChI=1S/C26H26N2O4/c1-18-9-10-20(15-19(18)2)26(30)27-21-11-12-24-23(16-21)28(25(29)17-32-24)13-6-14-31-22-7-4-3-5-8-22/h3-5,7-12,15-16H,6,13-14,17H2,1-2H3,(H,27,30). The molecule has 0 aromatic heterocycles. The van der Waals surface area contributed by atoms with Crippen molar-refractivity contribution in [3.05, 3.63) is 83.4 Å². The van der Waals surface area contributed by atoms with Gasteiger partial charge in [-0.05, 0) is 73.9 Å². The van der Waals surface area contributed by atoms with Crippen LogP contribution in [-0.2, 0) is 4.79 Å². The van der Waals surface area contributed by atoms with Gasteiger partial charge < -0.3 is 19.7 Å². The van der Waals surface area contributed by atoms with Crippen LogP contribution >= 0.6 is 0 Å². The van der Waals surface area contributed by atoms with Crippen molar-refractivity contribution in [3.63, 3.8) is 0 Å². The van der Waals surface area contributed by atoms with Crippen molar-refractivity contribution in [2.75, 3.05) is 30.0 Å². The van der Waals surface area contributed by atoms with E-state index in [1.165, 1.54) is 0 Å². The van der Waals surface area contributed by atoms with Gasteiger partial charge in [0, 0.05) is 17.8 Å². The molecule has 164 valence electrons. The van der Waals surface area contributed by atoms with E-state index in [9.17, 15) is 9.59 Å². The first-order chi connectivity index (χ1) is 15.5. The van der Waals surface area contributed by atoms with Crippen molar-refractivity contribution in [3.8, 4) is 11.5 Å². The number of nitrogens with zero attached hydrogens (tertiary/aromatic N) is 1. The molecule has 32 heavy (non-hydrogen) atoms. The molecule has 0 radical (unpaired) electrons. The van der Waals surface area contributed by atoms with Crippen LogP contribution in [0.25, 0.3) is 0 Å². The number of ether oxygens (including phenoxy) is 2. The highest BCUT2D eigenvalue weighted by Gasteiger charge is 2.25. The first-order valence-corrected chi connectivity index (χ1v) is 10.6. The lowest BCUT2D eigenvalue weighted by Gasteiger charge is -2.30. The molecule has 0 aliphatic carbocycles. The van der Waals surface area contributed by atoms with Crippen molar-refractivity contribution in [1.29, 1.82) is 0 Å². The third kappa shape index (κ3) is 4.91. The summed E-state index contributed by atoms with van der Waals surface area (Å²) < 4.78 is 11.3. The summed E-state index contributed by atoms with van der Waals surface area (Å²) >= 11 is 0. The maximum absolute atomic E-state index is 12.7. The van der Waals surface area contributed by atoms with E-state index in [0.717, 1.165) is 16.9 Å². The van der Waals surface area contributed by atoms with Crippen LogP contribution in [-0.4, -0.2) is 31.6 Å². The summed E-state index contributed by atoms with van der Waals surface area (Å²) in [7, 11) is 0. The summed E-state index contributed by atoms with van der Waals surface area (Å²) in [4.78, 5) is 26.9. The Morgan fingerprint density at radius 3 is 2.62 bits per heavy atom. The molecule has 6 nitrogen and oxygen atoms in total. The molecule has 3 aromatic carbocycles. The Morgan fingerprint density at radius 2 is 1.84 bits per heavy atom. The van der Waals surface area contributed by atoms with Crippen LogP contribution in [0.15, 0.2) is 66.7 Å². The molecule has 3 aromatic rings. The second-order valence-corrected chi connectivity index (χ2v) is 7.78. The fourth-order valence-electron chi connectivity index (χ4n) is 3.54. The number of aryl methyl sites for hydroxylation is 2. The van der Waals surface area contributed by atoms with Gasteiger partial charge in [-0.15, -0.1) is 0 Å². The quantitative estimate of drug-likeness (QED) is 0.549. The fourth-order valence-corrected chi connectivity index (χ4v) is 3.54. The van der Waals surface area contributed by atoms with Gasteiger partial charge in [0.2, 0.25) is 0 Å². The molecule has 1 heterocycles. The van der Waals surface area contributed by atoms with Crippen LogP contribution in [0.1, 0.15) is 27.9 Å². The van der Waals surface area contributed by atoms with Crippen molar-refractivity contribution in [2.24, 2.45) is 0 Å². The van der Waals surface area contributed by atoms with E-state index in [2.05, 4.69) is 5.32 Å². The first-order valence-electron chi connectivity index (χ1n) is 10.6. The SMILES string of the molecule is Cc1ccc(C(=O)Nc2ccc3c(c2)N(CCCOc2ccccc2)C(=O)CO3)cc1C. The molecule has 6 heteroatoms. The average molecular weight is 431 g/mol. The smallest absolute Gasteiger partial charge is 0.265 e. The molecule has 1 aliphatic heterocycles. The number of carbonyl (C=O) groups is 2. The zero-order valence-corrected chi connectivity index (χ0v) is 18.3. The molecule has 0 unspecified atom stereocenters. The molecule has 0 saturated carbocycles. The molecule has 2 amide bonds. The number of amides is 2. The van der Waals surface area contributed by atoms with E-state index < -0.39 is 0 Å². The minimum Gasteiger partial charge on any atom is -0.494 e. The number of carbonyl (C=O) groups excluding carboxylic acids is 2. The summed E-state index contributed by atoms with van der Waals surface area (Å²) in [5, 5.41) is 2.92. The van der Waals surface area contributed by atoms with Gasteiger partial charge in [0.05, 0.1) is 12.3 Å². The minimum atomic E-state index is -0.195. The Morgan fingerprint density at radius 1 is 1.03 bits per heavy atom. The number of fused-ring (bicyclic) bond motifs is 1. The van der Waals surface area contributed by atoms with Crippen LogP contribution in [0.2, 0.25) is 0 Å². The summed E-state index contributed by atoms with van der Waals surface area (Å²) in [5.41, 5.74) is 4.05. The third-order valence-electron chi connectivity index (χ3n) is 5.47. The van der Waals surface area contributed by atoms with Gasteiger partial charge in [0.25, 0.3) is 11.8 Å². The van der Waals surface area contributed by atoms with E-state index in [4.69, 9.17) is 9.47 Å². The summed E-state index contributed by atoms with van der Waals surface area (Å²) in [6.45, 7) is 4.98. The highest BCUT2D eigenvalue weighted by atomic mass is 16.5. The zero-order valence-electron chi connectivity index (χ0n) is 18.3. The van der Waals surface area contributed by atoms with Gasteiger partial charge >= 0.3 is 0 Å². The second-order valence-electron chi connectivity index (χ2n) is 7.78. The lowest BCUT2D eigenvalue weighted by atomic mass is 10.1. The highest BCUT2D eigenvalue weighted by Crippen LogP contribution is 2.35. The Hall–Kier alpha value is -3.80. The van der Waals surface area contributed by atoms with Crippen LogP contribution in [0.4, 0.5) is 11.4 Å². The molecule has 0 spiro atoms. The Kier molecular flexibility index (Phi) is 6.40. The van der Waals surface area contributed by atoms with Gasteiger partial charge in [-0.2, -0.15) is 0 Å². The predicted octanol–water partition coefficient (Wildman–Crippen LogP) is 4.75. The molecule has 4 rings (SSSR count). The number of anilines is 2. The lowest BCUT2D eigenvalue weighted by molar-refractivity contribution is -0.121. The number of hydrogen-bond donors (Lipinski definition) is 1. The van der Waals surface area contributed by atoms with Crippen molar-refractivity contribution < 1.29 is 19.1 Å². The number of benzene rings is 3. The molecule has 0 fully saturated rings. The number of nitrogens with one attached hydrogen (secondary N) is 1. The van der Waals surface area contributed by atoms with E-state index in [0.29, 0.717) is 42.3 Å². The lowest BCUT2D eigenvalue weighted by Crippen LogP contribution is -2.39. The third-order valence-corrected chi connectivity index (χ3v) is 5.47. The molecule has 1 N–H and O–H groups in total. The van der Waals surface area contributed by atoms with Gasteiger partial charge in [-0.25, -0.2) is 0 Å². The highest BCUT2D eigenvalue weighted by molar-refractivity contribution is 6.05. The van der Waals surface area contributed by atoms with E-state index in [1.807, 2.05) is 62.4 Å². The minimum absolute atomic E-state index is 0.000884. The second kappa shape index (κ2) is 9.56. The Balaban J connectivity index is 1.44. The van der Waals surface area contributed by atoms with Crippen molar-refractivity contribution in [2.45, 2.75) is 20.3 Å². The molecular weight excluding hydrogens is 404 g/mol. The summed E-state index contributed by atoms with van der Waals surface area (Å²) in [5.74, 6) is 1.11. The molecule has 0 saturated heterocycles. The van der Waals surface area contributed by atoms with Crippen LogP contribution < -0.4 is 19.7 Å². The molecule has 0 atom stereocenters. The maximum atomic E-state index is 12.7. The summed E-state index contributed by atoms with van der Waals surface area (Å²) in [6.07, 6.45) is 0.666. The van der Waals surface area contributed by atoms with Crippen LogP contribution in [0, 0.1) is 13.8 Å². The van der Waals surface area contributed by atoms with Gasteiger partial charge in [-0.1, -0.05) is 24.3 Å². The fraction of sp³-hybridized carbons (Fsp3) is 0.231. The topological polar surface area (TPSA) is 67.9 Å². The Bertz CT molecular complexity index is 1130. The van der Waals surface area contributed by atoms with Crippen molar-refractivity contribution in [1.82, 2.24) is 0 Å². The monoisotopic (exact) mass is 430 g/mol. The zero-order chi connectivity index (χ0) is 22.5. The summed E-state index contributed by atoms with van der Waals surface area (Å²) in [6, 6.07) is 20.5. The Labute approximate surface area is 187 Å². The van der Waals surface area contributed by atoms with E-state index in [-0.39, 0.29) is 18.4 Å². The number of rotatable bonds is 7. The maximum Gasteiger partial charge on any atom is 0.265 e. The predicted molar refractivity (Wildman–Crippen MR) is 125 cm³/mol. The van der Waals surface area contributed by atoms with E-state index in [1.54, 1.807) is 23.1 Å². The molecule has 1 aliphatic rings. The van der Waals surface area contributed by atoms with Crippen LogP contribution in [0.5, 0.6) is 11.5 Å². The molecule has 0 bridgehead atoms. The van der Waals surface area contributed by atoms with Gasteiger partial charge in [0.1, 0.15) is 11.5 Å². The van der Waals surface area contributed by atoms with Gasteiger partial charge in [0.15, 0.2) is 6.61 Å². The van der Waals surface area contributed by atoms with Gasteiger partial charge in [-0.3, -0.25) is 9.59 Å². The van der Waals surface area contributed by atoms with Crippen molar-refractivity contribution >= 4 is 23.2 Å². The molecular formula is C26H26N2O4. The largest absolute Gasteiger partial charge is 0.494 e.